The van der Waals surface area contributed by atoms with E-state index in [9.17, 15) is 9.18 Å². The van der Waals surface area contributed by atoms with Gasteiger partial charge in [0.15, 0.2) is 5.78 Å². The Balaban J connectivity index is 3.20. The topological polar surface area (TPSA) is 20.3 Å². The third-order valence-corrected chi connectivity index (χ3v) is 2.70. The lowest BCUT2D eigenvalue weighted by Gasteiger charge is -2.29. The number of rotatable bonds is 3. The van der Waals surface area contributed by atoms with Crippen molar-refractivity contribution in [2.24, 2.45) is 5.41 Å². The summed E-state index contributed by atoms with van der Waals surface area (Å²) in [5.41, 5.74) is -0.0468. The molecular formula is C14H20FNO. The lowest BCUT2D eigenvalue weighted by Crippen LogP contribution is -2.36. The van der Waals surface area contributed by atoms with Gasteiger partial charge in [0.25, 0.3) is 0 Å². The van der Waals surface area contributed by atoms with E-state index >= 15 is 0 Å². The molecule has 0 heterocycles. The van der Waals surface area contributed by atoms with E-state index in [1.54, 1.807) is 37.2 Å². The zero-order valence-corrected chi connectivity index (χ0v) is 11.1. The molecule has 0 amide bonds. The van der Waals surface area contributed by atoms with E-state index in [0.29, 0.717) is 5.56 Å². The van der Waals surface area contributed by atoms with E-state index < -0.39 is 11.5 Å². The van der Waals surface area contributed by atoms with Gasteiger partial charge in [-0.1, -0.05) is 39.0 Å². The van der Waals surface area contributed by atoms with Gasteiger partial charge < -0.3 is 0 Å². The number of halogens is 1. The van der Waals surface area contributed by atoms with E-state index in [-0.39, 0.29) is 11.6 Å². The Morgan fingerprint density at radius 2 is 1.76 bits per heavy atom. The molecule has 0 aromatic heterocycles. The minimum absolute atomic E-state index is 0.0209. The molecule has 0 fully saturated rings. The average Bonchev–Trinajstić information content (AvgIpc) is 2.19. The summed E-state index contributed by atoms with van der Waals surface area (Å²) in [6, 6.07) is 5.92. The van der Waals surface area contributed by atoms with Crippen LogP contribution in [0, 0.1) is 11.2 Å². The molecule has 3 heteroatoms. The molecule has 17 heavy (non-hydrogen) atoms. The molecule has 1 rings (SSSR count). The molecule has 1 aromatic rings. The first-order valence-electron chi connectivity index (χ1n) is 5.70. The van der Waals surface area contributed by atoms with Crippen molar-refractivity contribution in [2.45, 2.75) is 26.8 Å². The number of ketones is 1. The first-order valence-corrected chi connectivity index (χ1v) is 5.70. The number of likely N-dealkylation sites (N-methyl/N-ethyl adjacent to an activating group) is 1. The van der Waals surface area contributed by atoms with E-state index in [4.69, 9.17) is 0 Å². The van der Waals surface area contributed by atoms with Gasteiger partial charge in [-0.2, -0.15) is 0 Å². The molecule has 0 aliphatic carbocycles. The zero-order chi connectivity index (χ0) is 13.2. The summed E-state index contributed by atoms with van der Waals surface area (Å²) in [7, 11) is 3.58. The Morgan fingerprint density at radius 1 is 1.24 bits per heavy atom. The lowest BCUT2D eigenvalue weighted by atomic mass is 9.83. The smallest absolute Gasteiger partial charge is 0.159 e. The predicted molar refractivity (Wildman–Crippen MR) is 67.3 cm³/mol. The summed E-state index contributed by atoms with van der Waals surface area (Å²) < 4.78 is 13.8. The van der Waals surface area contributed by atoms with Crippen LogP contribution in [-0.2, 0) is 4.79 Å². The molecule has 0 saturated carbocycles. The SMILES string of the molecule is CN(C)[C@H](C(=O)C(C)(C)C)c1ccccc1F. The molecule has 0 aliphatic heterocycles. The highest BCUT2D eigenvalue weighted by molar-refractivity contribution is 5.89. The Bertz CT molecular complexity index is 407. The van der Waals surface area contributed by atoms with E-state index in [0.717, 1.165) is 0 Å². The average molecular weight is 237 g/mol. The second-order valence-corrected chi connectivity index (χ2v) is 5.50. The van der Waals surface area contributed by atoms with E-state index in [1.165, 1.54) is 6.07 Å². The minimum Gasteiger partial charge on any atom is -0.297 e. The van der Waals surface area contributed by atoms with Crippen LogP contribution in [0.5, 0.6) is 0 Å². The van der Waals surface area contributed by atoms with Gasteiger partial charge in [-0.3, -0.25) is 9.69 Å². The van der Waals surface area contributed by atoms with Crippen LogP contribution in [0.4, 0.5) is 4.39 Å². The fraction of sp³-hybridized carbons (Fsp3) is 0.500. The Morgan fingerprint density at radius 3 is 2.18 bits per heavy atom. The summed E-state index contributed by atoms with van der Waals surface area (Å²) >= 11 is 0. The molecular weight excluding hydrogens is 217 g/mol. The van der Waals surface area contributed by atoms with Crippen LogP contribution in [0.3, 0.4) is 0 Å². The molecule has 0 radical (unpaired) electrons. The first kappa shape index (κ1) is 13.8. The van der Waals surface area contributed by atoms with Gasteiger partial charge in [-0.15, -0.1) is 0 Å². The number of benzene rings is 1. The maximum Gasteiger partial charge on any atom is 0.159 e. The van der Waals surface area contributed by atoms with Crippen molar-refractivity contribution >= 4 is 5.78 Å². The van der Waals surface area contributed by atoms with Crippen molar-refractivity contribution in [3.8, 4) is 0 Å². The Kier molecular flexibility index (Phi) is 4.04. The van der Waals surface area contributed by atoms with Crippen LogP contribution in [0.15, 0.2) is 24.3 Å². The molecule has 0 aliphatic rings. The van der Waals surface area contributed by atoms with E-state index in [1.807, 2.05) is 20.8 Å². The van der Waals surface area contributed by atoms with Gasteiger partial charge in [-0.25, -0.2) is 4.39 Å². The van der Waals surface area contributed by atoms with E-state index in [2.05, 4.69) is 0 Å². The largest absolute Gasteiger partial charge is 0.297 e. The van der Waals surface area contributed by atoms with Gasteiger partial charge in [0.1, 0.15) is 5.82 Å². The van der Waals surface area contributed by atoms with Crippen LogP contribution in [0.2, 0.25) is 0 Å². The fourth-order valence-corrected chi connectivity index (χ4v) is 1.76. The number of carbonyl (C=O) groups excluding carboxylic acids is 1. The molecule has 1 aromatic carbocycles. The van der Waals surface area contributed by atoms with Crippen LogP contribution in [0.1, 0.15) is 32.4 Å². The predicted octanol–water partition coefficient (Wildman–Crippen LogP) is 3.04. The molecule has 2 nitrogen and oxygen atoms in total. The van der Waals surface area contributed by atoms with Gasteiger partial charge in [0, 0.05) is 11.0 Å². The van der Waals surface area contributed by atoms with Crippen molar-refractivity contribution in [2.75, 3.05) is 14.1 Å². The maximum atomic E-state index is 13.8. The zero-order valence-electron chi connectivity index (χ0n) is 11.1. The van der Waals surface area contributed by atoms with Crippen molar-refractivity contribution in [1.82, 2.24) is 4.90 Å². The third kappa shape index (κ3) is 3.13. The van der Waals surface area contributed by atoms with Crippen LogP contribution in [0.25, 0.3) is 0 Å². The summed E-state index contributed by atoms with van der Waals surface area (Å²) in [5, 5.41) is 0. The molecule has 0 spiro atoms. The molecule has 0 unspecified atom stereocenters. The number of carbonyl (C=O) groups is 1. The van der Waals surface area contributed by atoms with Crippen LogP contribution >= 0.6 is 0 Å². The normalized spacial score (nSPS) is 13.8. The molecule has 1 atom stereocenters. The second kappa shape index (κ2) is 4.96. The minimum atomic E-state index is -0.531. The van der Waals surface area contributed by atoms with Crippen molar-refractivity contribution in [1.29, 1.82) is 0 Å². The monoisotopic (exact) mass is 237 g/mol. The van der Waals surface area contributed by atoms with Gasteiger partial charge in [0.2, 0.25) is 0 Å². The molecule has 94 valence electrons. The fourth-order valence-electron chi connectivity index (χ4n) is 1.76. The molecule has 0 bridgehead atoms. The molecule has 0 saturated heterocycles. The highest BCUT2D eigenvalue weighted by Gasteiger charge is 2.33. The van der Waals surface area contributed by atoms with Crippen molar-refractivity contribution in [3.63, 3.8) is 0 Å². The third-order valence-electron chi connectivity index (χ3n) is 2.70. The highest BCUT2D eigenvalue weighted by Crippen LogP contribution is 2.30. The van der Waals surface area contributed by atoms with Gasteiger partial charge >= 0.3 is 0 Å². The van der Waals surface area contributed by atoms with Crippen molar-refractivity contribution in [3.05, 3.63) is 35.6 Å². The van der Waals surface area contributed by atoms with Crippen molar-refractivity contribution < 1.29 is 9.18 Å². The standard InChI is InChI=1S/C14H20FNO/c1-14(2,3)13(17)12(16(4)5)10-8-6-7-9-11(10)15/h6-9,12H,1-5H3/t12-/m0/s1. The number of nitrogens with zero attached hydrogens (tertiary/aromatic N) is 1. The highest BCUT2D eigenvalue weighted by atomic mass is 19.1. The van der Waals surface area contributed by atoms with Crippen LogP contribution < -0.4 is 0 Å². The first-order chi connectivity index (χ1) is 7.75. The molecule has 0 N–H and O–H groups in total. The van der Waals surface area contributed by atoms with Crippen LogP contribution in [-0.4, -0.2) is 24.8 Å². The lowest BCUT2D eigenvalue weighted by molar-refractivity contribution is -0.131. The summed E-state index contributed by atoms with van der Waals surface area (Å²) in [6.45, 7) is 5.56. The maximum absolute atomic E-state index is 13.8. The Labute approximate surface area is 102 Å². The van der Waals surface area contributed by atoms with Gasteiger partial charge in [0.05, 0.1) is 6.04 Å². The number of Topliss-reactive ketones (excluding diaryl/α,β-unsaturated/α-hetero) is 1. The Hall–Kier alpha value is -1.22. The number of hydrogen-bond donors (Lipinski definition) is 0. The summed E-state index contributed by atoms with van der Waals surface area (Å²) in [6.07, 6.45) is 0. The quantitative estimate of drug-likeness (QED) is 0.805. The van der Waals surface area contributed by atoms with Gasteiger partial charge in [-0.05, 0) is 20.2 Å². The summed E-state index contributed by atoms with van der Waals surface area (Å²) in [4.78, 5) is 14.1. The summed E-state index contributed by atoms with van der Waals surface area (Å²) in [5.74, 6) is -0.309. The number of hydrogen-bond acceptors (Lipinski definition) is 2. The second-order valence-electron chi connectivity index (χ2n) is 5.50.